The molecule has 1 aliphatic carbocycles. The quantitative estimate of drug-likeness (QED) is 0.675. The van der Waals surface area contributed by atoms with E-state index in [-0.39, 0.29) is 0 Å². The molecule has 0 heterocycles. The molecule has 5 nitrogen and oxygen atoms in total. The molecule has 0 saturated heterocycles. The number of carboxylic acid groups (broad SMARTS) is 1. The molecule has 0 radical (unpaired) electrons. The number of nitrogens with one attached hydrogen (secondary N) is 1. The normalized spacial score (nSPS) is 26.9. The topological polar surface area (TPSA) is 75.6 Å². The fourth-order valence-corrected chi connectivity index (χ4v) is 1.68. The third kappa shape index (κ3) is 3.56. The van der Waals surface area contributed by atoms with Crippen molar-refractivity contribution in [1.29, 1.82) is 0 Å². The molecule has 90 valence electrons. The van der Waals surface area contributed by atoms with Crippen molar-refractivity contribution in [2.24, 2.45) is 5.92 Å². The molecule has 1 saturated carbocycles. The van der Waals surface area contributed by atoms with Crippen molar-refractivity contribution in [2.75, 3.05) is 6.54 Å². The maximum Gasteiger partial charge on any atom is 0.408 e. The molecule has 2 atom stereocenters. The van der Waals surface area contributed by atoms with Gasteiger partial charge in [-0.2, -0.15) is 0 Å². The Hall–Kier alpha value is -1.52. The summed E-state index contributed by atoms with van der Waals surface area (Å²) in [5, 5.41) is 10.5. The molecule has 0 spiro atoms. The average molecular weight is 227 g/mol. The summed E-state index contributed by atoms with van der Waals surface area (Å²) < 4.78 is 5.16. The van der Waals surface area contributed by atoms with Gasteiger partial charge in [0, 0.05) is 5.92 Å². The first kappa shape index (κ1) is 12.5. The van der Waals surface area contributed by atoms with Crippen LogP contribution in [-0.4, -0.2) is 29.3 Å². The fourth-order valence-electron chi connectivity index (χ4n) is 1.68. The Morgan fingerprint density at radius 3 is 2.94 bits per heavy atom. The number of amides is 1. The van der Waals surface area contributed by atoms with Crippen LogP contribution in [0.5, 0.6) is 0 Å². The number of hydrogen-bond acceptors (Lipinski definition) is 3. The lowest BCUT2D eigenvalue weighted by Crippen LogP contribution is -2.33. The van der Waals surface area contributed by atoms with Crippen LogP contribution in [0.2, 0.25) is 0 Å². The van der Waals surface area contributed by atoms with Crippen molar-refractivity contribution in [3.63, 3.8) is 0 Å². The van der Waals surface area contributed by atoms with Crippen molar-refractivity contribution in [3.05, 3.63) is 12.7 Å². The number of alkyl carbamates (subject to hydrolysis) is 1. The maximum absolute atomic E-state index is 11.2. The van der Waals surface area contributed by atoms with Gasteiger partial charge >= 0.3 is 12.1 Å². The van der Waals surface area contributed by atoms with Gasteiger partial charge in [-0.25, -0.2) is 4.79 Å². The fraction of sp³-hybridized carbons (Fsp3) is 0.636. The summed E-state index contributed by atoms with van der Waals surface area (Å²) >= 11 is 0. The third-order valence-electron chi connectivity index (χ3n) is 2.78. The SMILES string of the molecule is C=CCC[C@@H]1C[C@@]1(C)OC(=O)NCC(=O)O. The van der Waals surface area contributed by atoms with E-state index in [1.165, 1.54) is 0 Å². The Bertz CT molecular complexity index is 302. The summed E-state index contributed by atoms with van der Waals surface area (Å²) in [6.07, 6.45) is 3.86. The van der Waals surface area contributed by atoms with Gasteiger partial charge in [0.05, 0.1) is 0 Å². The van der Waals surface area contributed by atoms with Crippen LogP contribution in [0.3, 0.4) is 0 Å². The number of hydrogen-bond donors (Lipinski definition) is 2. The molecule has 5 heteroatoms. The van der Waals surface area contributed by atoms with Crippen LogP contribution in [-0.2, 0) is 9.53 Å². The van der Waals surface area contributed by atoms with Gasteiger partial charge in [-0.15, -0.1) is 6.58 Å². The van der Waals surface area contributed by atoms with E-state index >= 15 is 0 Å². The van der Waals surface area contributed by atoms with Gasteiger partial charge in [-0.3, -0.25) is 4.79 Å². The second kappa shape index (κ2) is 5.01. The Kier molecular flexibility index (Phi) is 3.93. The van der Waals surface area contributed by atoms with Gasteiger partial charge in [0.15, 0.2) is 0 Å². The standard InChI is InChI=1S/C11H17NO4/c1-3-4-5-8-6-11(8,2)16-10(15)12-7-9(13)14/h3,8H,1,4-7H2,2H3,(H,12,15)(H,13,14)/t8-,11-/m1/s1. The number of carbonyl (C=O) groups is 2. The zero-order chi connectivity index (χ0) is 12.2. The van der Waals surface area contributed by atoms with E-state index in [2.05, 4.69) is 11.9 Å². The van der Waals surface area contributed by atoms with Gasteiger partial charge in [-0.05, 0) is 26.2 Å². The monoisotopic (exact) mass is 227 g/mol. The molecule has 1 fully saturated rings. The maximum atomic E-state index is 11.2. The summed E-state index contributed by atoms with van der Waals surface area (Å²) in [6, 6.07) is 0. The lowest BCUT2D eigenvalue weighted by molar-refractivity contribution is -0.135. The van der Waals surface area contributed by atoms with Crippen molar-refractivity contribution >= 4 is 12.1 Å². The molecule has 1 amide bonds. The first-order valence-corrected chi connectivity index (χ1v) is 5.27. The van der Waals surface area contributed by atoms with E-state index in [9.17, 15) is 9.59 Å². The number of aliphatic carboxylic acids is 1. The average Bonchev–Trinajstić information content (AvgIpc) is 2.83. The summed E-state index contributed by atoms with van der Waals surface area (Å²) in [4.78, 5) is 21.4. The van der Waals surface area contributed by atoms with Crippen molar-refractivity contribution in [2.45, 2.75) is 31.8 Å². The smallest absolute Gasteiger partial charge is 0.408 e. The third-order valence-corrected chi connectivity index (χ3v) is 2.78. The van der Waals surface area contributed by atoms with Crippen molar-refractivity contribution in [3.8, 4) is 0 Å². The molecule has 0 aliphatic heterocycles. The van der Waals surface area contributed by atoms with Gasteiger partial charge in [0.1, 0.15) is 12.1 Å². The van der Waals surface area contributed by atoms with Gasteiger partial charge in [-0.1, -0.05) is 6.08 Å². The van der Waals surface area contributed by atoms with E-state index < -0.39 is 24.2 Å². The summed E-state index contributed by atoms with van der Waals surface area (Å²) in [7, 11) is 0. The number of carbonyl (C=O) groups excluding carboxylic acids is 1. The second-order valence-electron chi connectivity index (χ2n) is 4.22. The van der Waals surface area contributed by atoms with Crippen LogP contribution in [0.15, 0.2) is 12.7 Å². The molecule has 16 heavy (non-hydrogen) atoms. The highest BCUT2D eigenvalue weighted by atomic mass is 16.6. The molecule has 0 bridgehead atoms. The zero-order valence-electron chi connectivity index (χ0n) is 9.36. The highest BCUT2D eigenvalue weighted by Gasteiger charge is 2.53. The molecule has 0 aromatic carbocycles. The number of rotatable bonds is 6. The van der Waals surface area contributed by atoms with Gasteiger partial charge in [0.2, 0.25) is 0 Å². The zero-order valence-corrected chi connectivity index (χ0v) is 9.36. The molecular weight excluding hydrogens is 210 g/mol. The predicted octanol–water partition coefficient (Wildman–Crippen LogP) is 1.54. The lowest BCUT2D eigenvalue weighted by atomic mass is 10.2. The van der Waals surface area contributed by atoms with Crippen LogP contribution in [0.25, 0.3) is 0 Å². The second-order valence-corrected chi connectivity index (χ2v) is 4.22. The van der Waals surface area contributed by atoms with Crippen molar-refractivity contribution < 1.29 is 19.4 Å². The molecule has 1 rings (SSSR count). The molecular formula is C11H17NO4. The van der Waals surface area contributed by atoms with E-state index in [1.807, 2.05) is 13.0 Å². The van der Waals surface area contributed by atoms with E-state index in [1.54, 1.807) is 0 Å². The predicted molar refractivity (Wildman–Crippen MR) is 58.1 cm³/mol. The highest BCUT2D eigenvalue weighted by molar-refractivity contribution is 5.76. The van der Waals surface area contributed by atoms with E-state index in [0.717, 1.165) is 19.3 Å². The van der Waals surface area contributed by atoms with E-state index in [4.69, 9.17) is 9.84 Å². The molecule has 0 aromatic heterocycles. The summed E-state index contributed by atoms with van der Waals surface area (Å²) in [5.74, 6) is -0.720. The number of allylic oxidation sites excluding steroid dienone is 1. The Balaban J connectivity index is 2.24. The van der Waals surface area contributed by atoms with Crippen LogP contribution in [0.1, 0.15) is 26.2 Å². The first-order valence-electron chi connectivity index (χ1n) is 5.27. The number of carboxylic acids is 1. The van der Waals surface area contributed by atoms with E-state index in [0.29, 0.717) is 5.92 Å². The van der Waals surface area contributed by atoms with Crippen LogP contribution in [0, 0.1) is 5.92 Å². The first-order chi connectivity index (χ1) is 7.48. The molecule has 0 aromatic rings. The summed E-state index contributed by atoms with van der Waals surface area (Å²) in [5.41, 5.74) is -0.425. The summed E-state index contributed by atoms with van der Waals surface area (Å²) in [6.45, 7) is 5.08. The minimum absolute atomic E-state index is 0.362. The van der Waals surface area contributed by atoms with Crippen LogP contribution in [0.4, 0.5) is 4.79 Å². The Labute approximate surface area is 94.5 Å². The van der Waals surface area contributed by atoms with Crippen molar-refractivity contribution in [1.82, 2.24) is 5.32 Å². The minimum atomic E-state index is -1.08. The van der Waals surface area contributed by atoms with Crippen LogP contribution >= 0.6 is 0 Å². The minimum Gasteiger partial charge on any atom is -0.480 e. The molecule has 2 N–H and O–H groups in total. The highest BCUT2D eigenvalue weighted by Crippen LogP contribution is 2.49. The lowest BCUT2D eigenvalue weighted by Gasteiger charge is -2.13. The van der Waals surface area contributed by atoms with Crippen LogP contribution < -0.4 is 5.32 Å². The Morgan fingerprint density at radius 1 is 1.69 bits per heavy atom. The molecule has 1 aliphatic rings. The number of ether oxygens (including phenoxy) is 1. The largest absolute Gasteiger partial charge is 0.480 e. The van der Waals surface area contributed by atoms with Gasteiger partial charge < -0.3 is 15.2 Å². The Morgan fingerprint density at radius 2 is 2.38 bits per heavy atom. The van der Waals surface area contributed by atoms with Gasteiger partial charge in [0.25, 0.3) is 0 Å². The molecule has 0 unspecified atom stereocenters.